The zero-order valence-corrected chi connectivity index (χ0v) is 13.9. The van der Waals surface area contributed by atoms with Crippen molar-refractivity contribution >= 4 is 6.09 Å². The van der Waals surface area contributed by atoms with Crippen molar-refractivity contribution in [1.29, 1.82) is 0 Å². The number of amides is 1. The largest absolute Gasteiger partial charge is 0.444 e. The molecule has 0 saturated carbocycles. The van der Waals surface area contributed by atoms with Crippen molar-refractivity contribution in [2.45, 2.75) is 39.7 Å². The maximum absolute atomic E-state index is 13.6. The zero-order valence-electron chi connectivity index (χ0n) is 13.9. The van der Waals surface area contributed by atoms with E-state index in [-0.39, 0.29) is 5.82 Å². The van der Waals surface area contributed by atoms with Gasteiger partial charge in [0.25, 0.3) is 0 Å². The van der Waals surface area contributed by atoms with Crippen LogP contribution in [0.25, 0.3) is 5.69 Å². The molecular weight excluding hydrogens is 297 g/mol. The number of rotatable bonds is 4. The molecule has 0 unspecified atom stereocenters. The van der Waals surface area contributed by atoms with E-state index in [9.17, 15) is 9.18 Å². The van der Waals surface area contributed by atoms with E-state index in [1.54, 1.807) is 12.5 Å². The summed E-state index contributed by atoms with van der Waals surface area (Å²) in [6.45, 7) is 7.69. The van der Waals surface area contributed by atoms with E-state index in [4.69, 9.17) is 4.74 Å². The van der Waals surface area contributed by atoms with Gasteiger partial charge < -0.3 is 14.6 Å². The van der Waals surface area contributed by atoms with E-state index in [0.29, 0.717) is 18.7 Å². The molecule has 5 nitrogen and oxygen atoms in total. The van der Waals surface area contributed by atoms with Gasteiger partial charge in [-0.1, -0.05) is 0 Å². The Hall–Kier alpha value is -2.37. The highest BCUT2D eigenvalue weighted by molar-refractivity contribution is 5.67. The molecule has 1 aromatic heterocycles. The van der Waals surface area contributed by atoms with Gasteiger partial charge in [0.1, 0.15) is 11.4 Å². The van der Waals surface area contributed by atoms with Gasteiger partial charge in [-0.25, -0.2) is 14.2 Å². The Morgan fingerprint density at radius 1 is 1.35 bits per heavy atom. The molecule has 0 spiro atoms. The van der Waals surface area contributed by atoms with Gasteiger partial charge in [-0.15, -0.1) is 0 Å². The monoisotopic (exact) mass is 319 g/mol. The maximum atomic E-state index is 13.6. The molecule has 1 aromatic carbocycles. The number of hydrogen-bond acceptors (Lipinski definition) is 3. The molecule has 0 aliphatic rings. The third kappa shape index (κ3) is 5.09. The Morgan fingerprint density at radius 2 is 2.09 bits per heavy atom. The van der Waals surface area contributed by atoms with E-state index < -0.39 is 11.7 Å². The van der Waals surface area contributed by atoms with E-state index in [0.717, 1.165) is 11.3 Å². The Labute approximate surface area is 135 Å². The second-order valence-corrected chi connectivity index (χ2v) is 6.42. The number of carbonyl (C=O) groups excluding carboxylic acids is 1. The molecule has 0 saturated heterocycles. The van der Waals surface area contributed by atoms with Gasteiger partial charge >= 0.3 is 6.09 Å². The number of nitrogens with zero attached hydrogens (tertiary/aromatic N) is 2. The van der Waals surface area contributed by atoms with Crippen molar-refractivity contribution in [3.05, 3.63) is 47.8 Å². The van der Waals surface area contributed by atoms with Crippen LogP contribution in [0.5, 0.6) is 0 Å². The standard InChI is InChI=1S/C17H22FN3O2/c1-12-7-13(18)9-15(8-12)21-11-19-10-14(21)5-6-20-16(22)23-17(2,3)4/h7-11H,5-6H2,1-4H3,(H,20,22). The van der Waals surface area contributed by atoms with Crippen LogP contribution in [0.4, 0.5) is 9.18 Å². The Kier molecular flexibility index (Phi) is 5.03. The highest BCUT2D eigenvalue weighted by atomic mass is 19.1. The summed E-state index contributed by atoms with van der Waals surface area (Å²) < 4.78 is 20.6. The predicted molar refractivity (Wildman–Crippen MR) is 86.2 cm³/mol. The van der Waals surface area contributed by atoms with Crippen LogP contribution in [0.2, 0.25) is 0 Å². The number of benzene rings is 1. The van der Waals surface area contributed by atoms with Gasteiger partial charge in [-0.05, 0) is 51.5 Å². The molecule has 1 amide bonds. The fraction of sp³-hybridized carbons (Fsp3) is 0.412. The number of nitrogens with one attached hydrogen (secondary N) is 1. The summed E-state index contributed by atoms with van der Waals surface area (Å²) in [6.07, 6.45) is 3.45. The lowest BCUT2D eigenvalue weighted by atomic mass is 10.2. The van der Waals surface area contributed by atoms with E-state index >= 15 is 0 Å². The van der Waals surface area contributed by atoms with Gasteiger partial charge in [0.15, 0.2) is 0 Å². The summed E-state index contributed by atoms with van der Waals surface area (Å²) in [5.41, 5.74) is 1.91. The fourth-order valence-corrected chi connectivity index (χ4v) is 2.20. The number of aromatic nitrogens is 2. The van der Waals surface area contributed by atoms with Crippen LogP contribution in [0, 0.1) is 12.7 Å². The maximum Gasteiger partial charge on any atom is 0.407 e. The Balaban J connectivity index is 2.00. The van der Waals surface area contributed by atoms with E-state index in [1.165, 1.54) is 12.1 Å². The minimum atomic E-state index is -0.523. The smallest absolute Gasteiger partial charge is 0.407 e. The summed E-state index contributed by atoms with van der Waals surface area (Å²) in [5, 5.41) is 2.70. The summed E-state index contributed by atoms with van der Waals surface area (Å²) in [5.74, 6) is -0.286. The minimum absolute atomic E-state index is 0.286. The molecule has 124 valence electrons. The van der Waals surface area contributed by atoms with Crippen molar-refractivity contribution in [3.8, 4) is 5.69 Å². The molecule has 0 fully saturated rings. The molecule has 0 atom stereocenters. The zero-order chi connectivity index (χ0) is 17.0. The molecule has 6 heteroatoms. The normalized spacial score (nSPS) is 11.3. The van der Waals surface area contributed by atoms with Gasteiger partial charge in [0, 0.05) is 30.5 Å². The number of alkyl carbamates (subject to hydrolysis) is 1. The van der Waals surface area contributed by atoms with Crippen LogP contribution in [0.1, 0.15) is 32.0 Å². The van der Waals surface area contributed by atoms with E-state index in [2.05, 4.69) is 10.3 Å². The second-order valence-electron chi connectivity index (χ2n) is 6.42. The second kappa shape index (κ2) is 6.81. The Bertz CT molecular complexity index is 669. The van der Waals surface area contributed by atoms with Gasteiger partial charge in [-0.3, -0.25) is 0 Å². The molecule has 0 aliphatic heterocycles. The molecule has 0 bridgehead atoms. The molecule has 2 aromatic rings. The number of hydrogen-bond donors (Lipinski definition) is 1. The summed E-state index contributed by atoms with van der Waals surface area (Å²) in [6, 6.07) is 4.82. The molecule has 0 aliphatic carbocycles. The molecule has 23 heavy (non-hydrogen) atoms. The van der Waals surface area contributed by atoms with E-state index in [1.807, 2.05) is 38.3 Å². The number of ether oxygens (including phenoxy) is 1. The van der Waals surface area contributed by atoms with Crippen LogP contribution in [-0.4, -0.2) is 27.8 Å². The highest BCUT2D eigenvalue weighted by Crippen LogP contribution is 2.15. The highest BCUT2D eigenvalue weighted by Gasteiger charge is 2.15. The van der Waals surface area contributed by atoms with Gasteiger partial charge in [0.2, 0.25) is 0 Å². The molecule has 1 N–H and O–H groups in total. The van der Waals surface area contributed by atoms with Crippen LogP contribution >= 0.6 is 0 Å². The summed E-state index contributed by atoms with van der Waals surface area (Å²) in [4.78, 5) is 15.7. The first-order valence-corrected chi connectivity index (χ1v) is 7.50. The Morgan fingerprint density at radius 3 is 2.74 bits per heavy atom. The molecule has 0 radical (unpaired) electrons. The van der Waals surface area contributed by atoms with Crippen LogP contribution in [0.3, 0.4) is 0 Å². The lowest BCUT2D eigenvalue weighted by molar-refractivity contribution is 0.0528. The van der Waals surface area contributed by atoms with Crippen LogP contribution < -0.4 is 5.32 Å². The summed E-state index contributed by atoms with van der Waals surface area (Å²) >= 11 is 0. The average molecular weight is 319 g/mol. The van der Waals surface area contributed by atoms with Crippen LogP contribution in [0.15, 0.2) is 30.7 Å². The summed E-state index contributed by atoms with van der Waals surface area (Å²) in [7, 11) is 0. The first-order valence-electron chi connectivity index (χ1n) is 7.50. The topological polar surface area (TPSA) is 56.2 Å². The SMILES string of the molecule is Cc1cc(F)cc(-n2cncc2CCNC(=O)OC(C)(C)C)c1. The molecular formula is C17H22FN3O2. The average Bonchev–Trinajstić information content (AvgIpc) is 2.83. The lowest BCUT2D eigenvalue weighted by Crippen LogP contribution is -2.33. The quantitative estimate of drug-likeness (QED) is 0.940. The number of imidazole rings is 1. The number of carbonyl (C=O) groups is 1. The first-order chi connectivity index (χ1) is 10.7. The third-order valence-corrected chi connectivity index (χ3v) is 3.07. The number of halogens is 1. The van der Waals surface area contributed by atoms with Crippen molar-refractivity contribution in [3.63, 3.8) is 0 Å². The van der Waals surface area contributed by atoms with Crippen LogP contribution in [-0.2, 0) is 11.2 Å². The van der Waals surface area contributed by atoms with Crippen molar-refractivity contribution in [1.82, 2.24) is 14.9 Å². The van der Waals surface area contributed by atoms with Gasteiger partial charge in [0.05, 0.1) is 6.33 Å². The molecule has 2 rings (SSSR count). The first kappa shape index (κ1) is 17.0. The lowest BCUT2D eigenvalue weighted by Gasteiger charge is -2.19. The molecule has 1 heterocycles. The van der Waals surface area contributed by atoms with Crippen molar-refractivity contribution in [2.75, 3.05) is 6.54 Å². The van der Waals surface area contributed by atoms with Crippen molar-refractivity contribution in [2.24, 2.45) is 0 Å². The number of aryl methyl sites for hydroxylation is 1. The fourth-order valence-electron chi connectivity index (χ4n) is 2.20. The third-order valence-electron chi connectivity index (χ3n) is 3.07. The van der Waals surface area contributed by atoms with Crippen molar-refractivity contribution < 1.29 is 13.9 Å². The minimum Gasteiger partial charge on any atom is -0.444 e. The predicted octanol–water partition coefficient (Wildman–Crippen LogP) is 3.39. The van der Waals surface area contributed by atoms with Gasteiger partial charge in [-0.2, -0.15) is 0 Å².